The van der Waals surface area contributed by atoms with Gasteiger partial charge in [-0.1, -0.05) is 159 Å². The number of hydrogen-bond acceptors (Lipinski definition) is 1. The first kappa shape index (κ1) is 41.6. The summed E-state index contributed by atoms with van der Waals surface area (Å²) in [6, 6.07) is 68.8. The second kappa shape index (κ2) is 14.5. The van der Waals surface area contributed by atoms with Crippen LogP contribution in [0.25, 0.3) is 98.4 Å². The second-order valence-corrected chi connectivity index (χ2v) is 22.7. The highest BCUT2D eigenvalue weighted by Gasteiger charge is 2.28. The van der Waals surface area contributed by atoms with Gasteiger partial charge in [-0.3, -0.25) is 0 Å². The molecule has 0 aliphatic rings. The molecule has 0 amide bonds. The van der Waals surface area contributed by atoms with Gasteiger partial charge < -0.3 is 13.7 Å². The summed E-state index contributed by atoms with van der Waals surface area (Å²) in [4.78, 5) is 2.46. The van der Waals surface area contributed by atoms with Crippen molar-refractivity contribution in [3.05, 3.63) is 199 Å². The summed E-state index contributed by atoms with van der Waals surface area (Å²) in [7, 11) is 0. The maximum Gasteiger partial charge on any atom is 0.0620 e. The molecule has 3 heteroatoms. The Morgan fingerprint density at radius 2 is 0.768 bits per heavy atom. The van der Waals surface area contributed by atoms with E-state index in [2.05, 4.69) is 258 Å². The zero-order chi connectivity index (χ0) is 47.3. The van der Waals surface area contributed by atoms with E-state index < -0.39 is 0 Å². The van der Waals surface area contributed by atoms with Gasteiger partial charge in [0.2, 0.25) is 0 Å². The van der Waals surface area contributed by atoms with E-state index in [1.54, 1.807) is 0 Å². The smallest absolute Gasteiger partial charge is 0.0620 e. The Hall–Kier alpha value is -7.62. The third-order valence-corrected chi connectivity index (χ3v) is 15.2. The minimum Gasteiger partial charge on any atom is -0.310 e. The van der Waals surface area contributed by atoms with E-state index in [1.807, 2.05) is 0 Å². The fraction of sp³-hybridized carbons (Fsp3) is 0.182. The minimum absolute atomic E-state index is 0.0219. The van der Waals surface area contributed by atoms with Crippen molar-refractivity contribution >= 4 is 93.3 Å². The fourth-order valence-electron chi connectivity index (χ4n) is 11.4. The zero-order valence-corrected chi connectivity index (χ0v) is 41.2. The van der Waals surface area contributed by atoms with Crippen LogP contribution in [0.1, 0.15) is 79.0 Å². The molecule has 13 rings (SSSR count). The third kappa shape index (κ3) is 6.26. The predicted molar refractivity (Wildman–Crippen MR) is 297 cm³/mol. The normalized spacial score (nSPS) is 13.0. The van der Waals surface area contributed by atoms with Crippen molar-refractivity contribution in [2.45, 2.75) is 78.6 Å². The maximum absolute atomic E-state index is 2.59. The molecule has 0 bridgehead atoms. The molecule has 3 nitrogen and oxygen atoms in total. The van der Waals surface area contributed by atoms with Gasteiger partial charge >= 0.3 is 0 Å². The van der Waals surface area contributed by atoms with E-state index in [0.717, 1.165) is 17.1 Å². The molecule has 0 saturated heterocycles. The number of hydrogen-bond donors (Lipinski definition) is 0. The molecule has 4 heterocycles. The van der Waals surface area contributed by atoms with Crippen LogP contribution in [-0.4, -0.2) is 8.80 Å². The van der Waals surface area contributed by atoms with Crippen molar-refractivity contribution in [2.24, 2.45) is 0 Å². The predicted octanol–water partition coefficient (Wildman–Crippen LogP) is 18.7. The number of fused-ring (bicyclic) bond motifs is 12. The largest absolute Gasteiger partial charge is 0.310 e. The van der Waals surface area contributed by atoms with Gasteiger partial charge in [-0.15, -0.1) is 0 Å². The van der Waals surface area contributed by atoms with Crippen molar-refractivity contribution < 1.29 is 0 Å². The molecule has 13 aromatic rings. The van der Waals surface area contributed by atoms with Crippen LogP contribution in [0.3, 0.4) is 0 Å². The first-order valence-electron chi connectivity index (χ1n) is 24.7. The fourth-order valence-corrected chi connectivity index (χ4v) is 11.4. The average molecular weight is 892 g/mol. The van der Waals surface area contributed by atoms with Gasteiger partial charge in [-0.2, -0.15) is 0 Å². The lowest BCUT2D eigenvalue weighted by Crippen LogP contribution is -2.11. The number of para-hydroxylation sites is 1. The van der Waals surface area contributed by atoms with Crippen LogP contribution in [0.4, 0.5) is 17.1 Å². The standard InChI is InChI=1S/C66H57N3/c1-64(2,3)43-26-30-58-50(32-43)54-34-45(66(7,8)9)36-56-51-39-61-52(38-60(51)68(58)63(54)56)55-35-44(65(4,5)6)33-53-48-28-27-47(37-59(48)69(61)62(53)55)67(46-23-17-12-18-24-46)57-29-25-42(40-19-13-10-14-20-40)31-49(57)41-21-15-11-16-22-41/h10-39H,1-9H3. The van der Waals surface area contributed by atoms with Gasteiger partial charge in [0.15, 0.2) is 0 Å². The molecular weight excluding hydrogens is 835 g/mol. The van der Waals surface area contributed by atoms with Crippen LogP contribution in [0.5, 0.6) is 0 Å². The monoisotopic (exact) mass is 891 g/mol. The second-order valence-electron chi connectivity index (χ2n) is 22.7. The van der Waals surface area contributed by atoms with Crippen LogP contribution >= 0.6 is 0 Å². The third-order valence-electron chi connectivity index (χ3n) is 15.2. The summed E-state index contributed by atoms with van der Waals surface area (Å²) in [5, 5.41) is 10.5. The molecule has 0 saturated carbocycles. The summed E-state index contributed by atoms with van der Waals surface area (Å²) in [5.41, 5.74) is 19.8. The van der Waals surface area contributed by atoms with Crippen LogP contribution in [0.15, 0.2) is 182 Å². The summed E-state index contributed by atoms with van der Waals surface area (Å²) < 4.78 is 5.17. The highest BCUT2D eigenvalue weighted by Crippen LogP contribution is 2.49. The molecule has 0 fully saturated rings. The van der Waals surface area contributed by atoms with Gasteiger partial charge in [0, 0.05) is 60.0 Å². The lowest BCUT2D eigenvalue weighted by Gasteiger charge is -2.28. The molecule has 4 aromatic heterocycles. The van der Waals surface area contributed by atoms with Crippen LogP contribution in [-0.2, 0) is 16.2 Å². The number of rotatable bonds is 5. The van der Waals surface area contributed by atoms with Crippen molar-refractivity contribution in [1.82, 2.24) is 8.80 Å². The number of benzene rings is 9. The van der Waals surface area contributed by atoms with E-state index >= 15 is 0 Å². The average Bonchev–Trinajstić information content (AvgIpc) is 4.06. The highest BCUT2D eigenvalue weighted by atomic mass is 15.1. The number of nitrogens with zero attached hydrogens (tertiary/aromatic N) is 3. The molecular formula is C66H57N3. The lowest BCUT2D eigenvalue weighted by atomic mass is 9.84. The number of aromatic nitrogens is 2. The Labute approximate surface area is 404 Å². The van der Waals surface area contributed by atoms with E-state index in [9.17, 15) is 0 Å². The van der Waals surface area contributed by atoms with Crippen molar-refractivity contribution in [3.63, 3.8) is 0 Å². The first-order valence-corrected chi connectivity index (χ1v) is 24.7. The minimum atomic E-state index is -0.0461. The Bertz CT molecular complexity index is 4150. The molecule has 0 radical (unpaired) electrons. The van der Waals surface area contributed by atoms with Gasteiger partial charge in [-0.25, -0.2) is 0 Å². The van der Waals surface area contributed by atoms with E-state index in [4.69, 9.17) is 0 Å². The summed E-state index contributed by atoms with van der Waals surface area (Å²) in [6.45, 7) is 21.1. The summed E-state index contributed by atoms with van der Waals surface area (Å²) in [5.74, 6) is 0. The molecule has 0 spiro atoms. The molecule has 0 unspecified atom stereocenters. The van der Waals surface area contributed by atoms with Crippen molar-refractivity contribution in [3.8, 4) is 22.3 Å². The lowest BCUT2D eigenvalue weighted by molar-refractivity contribution is 0.590. The first-order chi connectivity index (χ1) is 33.1. The molecule has 9 aromatic carbocycles. The van der Waals surface area contributed by atoms with E-state index in [0.29, 0.717) is 0 Å². The van der Waals surface area contributed by atoms with Crippen molar-refractivity contribution in [2.75, 3.05) is 4.90 Å². The highest BCUT2D eigenvalue weighted by molar-refractivity contribution is 6.29. The SMILES string of the molecule is CC(C)(C)c1ccc2c(c1)c1cc(C(C)(C)C)cc3c4cc5c(cc4n2c13)c1cc(C(C)(C)C)cc2c3ccc(N(c4ccccc4)c4ccc(-c6ccccc6)cc4-c4ccccc4)cc3n5c21. The molecule has 0 atom stereocenters. The summed E-state index contributed by atoms with van der Waals surface area (Å²) in [6.07, 6.45) is 0. The number of anilines is 3. The van der Waals surface area contributed by atoms with E-state index in [-0.39, 0.29) is 16.2 Å². The van der Waals surface area contributed by atoms with Crippen LogP contribution in [0.2, 0.25) is 0 Å². The molecule has 0 aliphatic carbocycles. The topological polar surface area (TPSA) is 12.1 Å². The Kier molecular flexibility index (Phi) is 8.70. The molecule has 0 N–H and O–H groups in total. The van der Waals surface area contributed by atoms with Gasteiger partial charge in [0.05, 0.1) is 38.8 Å². The maximum atomic E-state index is 2.59. The van der Waals surface area contributed by atoms with Crippen LogP contribution in [0, 0.1) is 0 Å². The van der Waals surface area contributed by atoms with Crippen LogP contribution < -0.4 is 4.90 Å². The molecule has 0 aliphatic heterocycles. The quantitative estimate of drug-likeness (QED) is 0.168. The Morgan fingerprint density at radius 1 is 0.304 bits per heavy atom. The van der Waals surface area contributed by atoms with Crippen molar-refractivity contribution in [1.29, 1.82) is 0 Å². The zero-order valence-electron chi connectivity index (χ0n) is 41.2. The van der Waals surface area contributed by atoms with Gasteiger partial charge in [0.1, 0.15) is 0 Å². The summed E-state index contributed by atoms with van der Waals surface area (Å²) >= 11 is 0. The van der Waals surface area contributed by atoms with E-state index in [1.165, 1.54) is 115 Å². The Morgan fingerprint density at radius 3 is 1.32 bits per heavy atom. The molecule has 336 valence electrons. The van der Waals surface area contributed by atoms with Gasteiger partial charge in [0.25, 0.3) is 0 Å². The molecule has 69 heavy (non-hydrogen) atoms. The van der Waals surface area contributed by atoms with Gasteiger partial charge in [-0.05, 0) is 135 Å². The Balaban J connectivity index is 1.13.